The van der Waals surface area contributed by atoms with E-state index in [1.165, 1.54) is 11.3 Å². The van der Waals surface area contributed by atoms with Crippen LogP contribution in [0, 0.1) is 0 Å². The maximum atomic E-state index is 12.4. The summed E-state index contributed by atoms with van der Waals surface area (Å²) in [4.78, 5) is 12.4. The molecule has 0 saturated heterocycles. The van der Waals surface area contributed by atoms with Crippen LogP contribution in [-0.2, 0) is 4.74 Å². The molecule has 5 nitrogen and oxygen atoms in total. The molecule has 1 heterocycles. The second-order valence-electron chi connectivity index (χ2n) is 4.51. The lowest BCUT2D eigenvalue weighted by Gasteiger charge is -2.10. The van der Waals surface area contributed by atoms with E-state index in [0.29, 0.717) is 22.3 Å². The topological polar surface area (TPSA) is 59.6 Å². The predicted octanol–water partition coefficient (Wildman–Crippen LogP) is 3.52. The van der Waals surface area contributed by atoms with Crippen LogP contribution in [0.1, 0.15) is 17.3 Å². The molecule has 2 N–H and O–H groups in total. The average Bonchev–Trinajstić information content (AvgIpc) is 2.98. The highest BCUT2D eigenvalue weighted by molar-refractivity contribution is 7.80. The Morgan fingerprint density at radius 1 is 1.30 bits per heavy atom. The van der Waals surface area contributed by atoms with Gasteiger partial charge in [-0.1, -0.05) is 12.1 Å². The van der Waals surface area contributed by atoms with Crippen molar-refractivity contribution in [2.45, 2.75) is 6.92 Å². The van der Waals surface area contributed by atoms with Crippen LogP contribution in [0.3, 0.4) is 0 Å². The smallest absolute Gasteiger partial charge is 0.341 e. The van der Waals surface area contributed by atoms with Crippen LogP contribution in [0.5, 0.6) is 5.75 Å². The number of nitrogens with one attached hydrogen (secondary N) is 2. The molecule has 2 rings (SSSR count). The predicted molar refractivity (Wildman–Crippen MR) is 97.5 cm³/mol. The third-order valence-corrected chi connectivity index (χ3v) is 4.33. The van der Waals surface area contributed by atoms with Crippen LogP contribution >= 0.6 is 23.6 Å². The molecule has 0 radical (unpaired) electrons. The van der Waals surface area contributed by atoms with Crippen molar-refractivity contribution in [1.29, 1.82) is 0 Å². The van der Waals surface area contributed by atoms with Gasteiger partial charge < -0.3 is 20.1 Å². The molecule has 1 aromatic heterocycles. The van der Waals surface area contributed by atoms with Crippen LogP contribution in [-0.4, -0.2) is 31.8 Å². The highest BCUT2D eigenvalue weighted by atomic mass is 32.1. The zero-order chi connectivity index (χ0) is 16.8. The monoisotopic (exact) mass is 350 g/mol. The first-order chi connectivity index (χ1) is 11.1. The van der Waals surface area contributed by atoms with E-state index in [-0.39, 0.29) is 5.97 Å². The molecule has 2 aromatic rings. The van der Waals surface area contributed by atoms with Crippen molar-refractivity contribution in [3.8, 4) is 16.9 Å². The summed E-state index contributed by atoms with van der Waals surface area (Å²) in [5.41, 5.74) is 2.20. The molecule has 0 fully saturated rings. The Balaban J connectivity index is 2.45. The number of anilines is 1. The minimum atomic E-state index is -0.374. The fourth-order valence-corrected chi connectivity index (χ4v) is 3.13. The van der Waals surface area contributed by atoms with E-state index in [2.05, 4.69) is 10.6 Å². The van der Waals surface area contributed by atoms with Gasteiger partial charge in [-0.25, -0.2) is 4.79 Å². The van der Waals surface area contributed by atoms with E-state index in [1.807, 2.05) is 29.6 Å². The van der Waals surface area contributed by atoms with Gasteiger partial charge in [-0.15, -0.1) is 11.3 Å². The summed E-state index contributed by atoms with van der Waals surface area (Å²) in [6.07, 6.45) is 0. The summed E-state index contributed by atoms with van der Waals surface area (Å²) in [7, 11) is 3.34. The Morgan fingerprint density at radius 2 is 2.00 bits per heavy atom. The van der Waals surface area contributed by atoms with Crippen molar-refractivity contribution in [3.63, 3.8) is 0 Å². The summed E-state index contributed by atoms with van der Waals surface area (Å²) in [5.74, 6) is 0.386. The molecule has 0 aliphatic heterocycles. The van der Waals surface area contributed by atoms with E-state index in [1.54, 1.807) is 21.1 Å². The van der Waals surface area contributed by atoms with Crippen LogP contribution in [0.2, 0.25) is 0 Å². The standard InChI is InChI=1S/C16H18N2O3S2/c1-4-21-15(19)13-12(9-23-14(13)18-16(22)17-2)10-5-7-11(20-3)8-6-10/h5-9H,4H2,1-3H3,(H2,17,18,22). The molecule has 23 heavy (non-hydrogen) atoms. The number of benzene rings is 1. The van der Waals surface area contributed by atoms with Gasteiger partial charge in [-0.05, 0) is 36.8 Å². The molecule has 0 saturated carbocycles. The van der Waals surface area contributed by atoms with Crippen molar-refractivity contribution in [2.75, 3.05) is 26.1 Å². The number of ether oxygens (including phenoxy) is 2. The molecule has 0 aliphatic carbocycles. The minimum absolute atomic E-state index is 0.312. The molecule has 1 aromatic carbocycles. The zero-order valence-corrected chi connectivity index (χ0v) is 14.8. The Labute approximate surface area is 144 Å². The lowest BCUT2D eigenvalue weighted by molar-refractivity contribution is 0.0529. The minimum Gasteiger partial charge on any atom is -0.497 e. The van der Waals surface area contributed by atoms with Crippen molar-refractivity contribution in [2.24, 2.45) is 0 Å². The van der Waals surface area contributed by atoms with Crippen LogP contribution in [0.25, 0.3) is 11.1 Å². The first-order valence-corrected chi connectivity index (χ1v) is 8.31. The van der Waals surface area contributed by atoms with Gasteiger partial charge in [0.25, 0.3) is 0 Å². The van der Waals surface area contributed by atoms with E-state index in [0.717, 1.165) is 16.9 Å². The third-order valence-electron chi connectivity index (χ3n) is 3.13. The van der Waals surface area contributed by atoms with Crippen LogP contribution < -0.4 is 15.4 Å². The van der Waals surface area contributed by atoms with Gasteiger partial charge in [0.1, 0.15) is 16.3 Å². The van der Waals surface area contributed by atoms with E-state index in [9.17, 15) is 4.79 Å². The number of hydrogen-bond acceptors (Lipinski definition) is 5. The van der Waals surface area contributed by atoms with Gasteiger partial charge >= 0.3 is 5.97 Å². The van der Waals surface area contributed by atoms with Gasteiger partial charge in [0.15, 0.2) is 5.11 Å². The molecule has 0 unspecified atom stereocenters. The molecule has 0 aliphatic rings. The highest BCUT2D eigenvalue weighted by Gasteiger charge is 2.22. The zero-order valence-electron chi connectivity index (χ0n) is 13.1. The Bertz CT molecular complexity index is 696. The van der Waals surface area contributed by atoms with Crippen molar-refractivity contribution < 1.29 is 14.3 Å². The van der Waals surface area contributed by atoms with Gasteiger partial charge in [-0.3, -0.25) is 0 Å². The van der Waals surface area contributed by atoms with Gasteiger partial charge in [0, 0.05) is 18.0 Å². The maximum absolute atomic E-state index is 12.4. The molecular formula is C16H18N2O3S2. The number of carbonyl (C=O) groups excluding carboxylic acids is 1. The maximum Gasteiger partial charge on any atom is 0.341 e. The second-order valence-corrected chi connectivity index (χ2v) is 5.79. The van der Waals surface area contributed by atoms with Crippen molar-refractivity contribution in [1.82, 2.24) is 5.32 Å². The Hall–Kier alpha value is -2.12. The SMILES string of the molecule is CCOC(=O)c1c(-c2ccc(OC)cc2)csc1NC(=S)NC. The van der Waals surface area contributed by atoms with Crippen LogP contribution in [0.15, 0.2) is 29.6 Å². The van der Waals surface area contributed by atoms with E-state index < -0.39 is 0 Å². The largest absolute Gasteiger partial charge is 0.497 e. The first kappa shape index (κ1) is 17.2. The quantitative estimate of drug-likeness (QED) is 0.636. The number of hydrogen-bond donors (Lipinski definition) is 2. The average molecular weight is 350 g/mol. The van der Waals surface area contributed by atoms with Gasteiger partial charge in [0.05, 0.1) is 13.7 Å². The number of thiophene rings is 1. The number of rotatable bonds is 5. The molecule has 0 atom stereocenters. The normalized spacial score (nSPS) is 10.0. The van der Waals surface area contributed by atoms with Crippen molar-refractivity contribution in [3.05, 3.63) is 35.2 Å². The van der Waals surface area contributed by atoms with Gasteiger partial charge in [0.2, 0.25) is 0 Å². The fraction of sp³-hybridized carbons (Fsp3) is 0.250. The molecule has 0 amide bonds. The Morgan fingerprint density at radius 3 is 2.57 bits per heavy atom. The van der Waals surface area contributed by atoms with Gasteiger partial charge in [-0.2, -0.15) is 0 Å². The molecular weight excluding hydrogens is 332 g/mol. The number of esters is 1. The molecule has 0 bridgehead atoms. The molecule has 0 spiro atoms. The van der Waals surface area contributed by atoms with E-state index >= 15 is 0 Å². The van der Waals surface area contributed by atoms with Crippen LogP contribution in [0.4, 0.5) is 5.00 Å². The second kappa shape index (κ2) is 7.94. The summed E-state index contributed by atoms with van der Waals surface area (Å²) >= 11 is 6.53. The lowest BCUT2D eigenvalue weighted by Crippen LogP contribution is -2.24. The summed E-state index contributed by atoms with van der Waals surface area (Å²) < 4.78 is 10.4. The summed E-state index contributed by atoms with van der Waals surface area (Å²) in [5, 5.41) is 8.87. The number of carbonyl (C=O) groups is 1. The number of methoxy groups -OCH3 is 1. The molecule has 122 valence electrons. The van der Waals surface area contributed by atoms with E-state index in [4.69, 9.17) is 21.7 Å². The fourth-order valence-electron chi connectivity index (χ4n) is 2.00. The Kier molecular flexibility index (Phi) is 5.95. The first-order valence-electron chi connectivity index (χ1n) is 7.02. The highest BCUT2D eigenvalue weighted by Crippen LogP contribution is 2.36. The summed E-state index contributed by atoms with van der Waals surface area (Å²) in [6, 6.07) is 7.52. The number of thiocarbonyl (C=S) groups is 1. The van der Waals surface area contributed by atoms with Crippen molar-refractivity contribution >= 4 is 39.6 Å². The lowest BCUT2D eigenvalue weighted by atomic mass is 10.0. The molecule has 7 heteroatoms. The third kappa shape index (κ3) is 4.00. The summed E-state index contributed by atoms with van der Waals surface area (Å²) in [6.45, 7) is 2.09.